The Morgan fingerprint density at radius 2 is 1.78 bits per heavy atom. The molecule has 2 unspecified atom stereocenters. The van der Waals surface area contributed by atoms with Crippen molar-refractivity contribution in [3.63, 3.8) is 0 Å². The Kier molecular flexibility index (Phi) is 12.4. The summed E-state index contributed by atoms with van der Waals surface area (Å²) in [7, 11) is 0. The molecule has 0 aliphatic heterocycles. The third kappa shape index (κ3) is 9.49. The fraction of sp³-hybridized carbons (Fsp3) is 0.615. The molecule has 10 heteroatoms. The van der Waals surface area contributed by atoms with E-state index in [1.54, 1.807) is 39.8 Å². The Bertz CT molecular complexity index is 911. The molecule has 2 atom stereocenters. The van der Waals surface area contributed by atoms with Crippen LogP contribution in [0.3, 0.4) is 0 Å². The van der Waals surface area contributed by atoms with Crippen molar-refractivity contribution in [1.82, 2.24) is 15.5 Å². The van der Waals surface area contributed by atoms with E-state index in [0.717, 1.165) is 11.1 Å². The van der Waals surface area contributed by atoms with Gasteiger partial charge in [-0.05, 0) is 64.7 Å². The van der Waals surface area contributed by atoms with Gasteiger partial charge in [0.2, 0.25) is 11.8 Å². The van der Waals surface area contributed by atoms with E-state index in [0.29, 0.717) is 12.0 Å². The molecule has 0 saturated heterocycles. The van der Waals surface area contributed by atoms with Gasteiger partial charge in [-0.1, -0.05) is 25.1 Å². The number of hydrogen-bond donors (Lipinski definition) is 3. The molecule has 0 aliphatic rings. The highest BCUT2D eigenvalue weighted by Crippen LogP contribution is 2.27. The first-order valence-corrected chi connectivity index (χ1v) is 12.3. The van der Waals surface area contributed by atoms with E-state index < -0.39 is 48.2 Å². The molecule has 1 rings (SSSR count). The molecule has 0 bridgehead atoms. The summed E-state index contributed by atoms with van der Waals surface area (Å²) in [6, 6.07) is 3.11. The van der Waals surface area contributed by atoms with Gasteiger partial charge in [0.25, 0.3) is 0 Å². The number of alkyl carbamates (subject to hydrolysis) is 1. The van der Waals surface area contributed by atoms with E-state index in [1.807, 2.05) is 26.8 Å². The molecule has 3 amide bonds. The van der Waals surface area contributed by atoms with Crippen LogP contribution in [0, 0.1) is 13.8 Å². The second-order valence-corrected chi connectivity index (χ2v) is 9.45. The lowest BCUT2D eigenvalue weighted by molar-refractivity contribution is -0.144. The van der Waals surface area contributed by atoms with Crippen molar-refractivity contribution in [2.75, 3.05) is 26.3 Å². The Balaban J connectivity index is 3.33. The Morgan fingerprint density at radius 3 is 2.33 bits per heavy atom. The number of carbonyl (C=O) groups excluding carboxylic acids is 4. The predicted molar refractivity (Wildman–Crippen MR) is 135 cm³/mol. The molecule has 0 aromatic heterocycles. The van der Waals surface area contributed by atoms with Gasteiger partial charge in [-0.25, -0.2) is 4.79 Å². The third-order valence-electron chi connectivity index (χ3n) is 5.35. The zero-order valence-corrected chi connectivity index (χ0v) is 22.5. The number of amides is 3. The van der Waals surface area contributed by atoms with Crippen LogP contribution in [0.25, 0.3) is 0 Å². The molecule has 0 heterocycles. The van der Waals surface area contributed by atoms with Crippen molar-refractivity contribution in [3.8, 4) is 0 Å². The fourth-order valence-corrected chi connectivity index (χ4v) is 3.58. The number of aliphatic hydroxyl groups is 1. The summed E-state index contributed by atoms with van der Waals surface area (Å²) >= 11 is 0. The van der Waals surface area contributed by atoms with Crippen LogP contribution >= 0.6 is 0 Å². The first kappa shape index (κ1) is 30.9. The van der Waals surface area contributed by atoms with Crippen molar-refractivity contribution in [3.05, 3.63) is 34.9 Å². The van der Waals surface area contributed by atoms with Crippen molar-refractivity contribution in [2.45, 2.75) is 79.0 Å². The van der Waals surface area contributed by atoms with Crippen molar-refractivity contribution in [2.24, 2.45) is 0 Å². The summed E-state index contributed by atoms with van der Waals surface area (Å²) in [5, 5.41) is 15.1. The zero-order chi connectivity index (χ0) is 27.5. The van der Waals surface area contributed by atoms with Gasteiger partial charge in [0.1, 0.15) is 17.7 Å². The van der Waals surface area contributed by atoms with E-state index in [4.69, 9.17) is 9.47 Å². The molecular formula is C26H41N3O7. The van der Waals surface area contributed by atoms with Gasteiger partial charge in [0.05, 0.1) is 19.6 Å². The number of aryl methyl sites for hydroxylation is 1. The average molecular weight is 508 g/mol. The lowest BCUT2D eigenvalue weighted by Crippen LogP contribution is -2.54. The number of carbonyl (C=O) groups is 4. The smallest absolute Gasteiger partial charge is 0.408 e. The maximum atomic E-state index is 13.6. The van der Waals surface area contributed by atoms with Crippen LogP contribution in [0.5, 0.6) is 0 Å². The Labute approximate surface area is 213 Å². The van der Waals surface area contributed by atoms with Crippen molar-refractivity contribution < 1.29 is 33.8 Å². The molecular weight excluding hydrogens is 466 g/mol. The highest BCUT2D eigenvalue weighted by atomic mass is 16.6. The second-order valence-electron chi connectivity index (χ2n) is 9.45. The number of hydrogen-bond acceptors (Lipinski definition) is 7. The fourth-order valence-electron chi connectivity index (χ4n) is 3.58. The molecule has 202 valence electrons. The van der Waals surface area contributed by atoms with E-state index in [1.165, 1.54) is 4.90 Å². The molecule has 0 radical (unpaired) electrons. The van der Waals surface area contributed by atoms with Crippen LogP contribution in [-0.2, 0) is 23.9 Å². The van der Waals surface area contributed by atoms with E-state index in [-0.39, 0.29) is 26.1 Å². The summed E-state index contributed by atoms with van der Waals surface area (Å²) in [5.74, 6) is -1.55. The summed E-state index contributed by atoms with van der Waals surface area (Å²) < 4.78 is 10.1. The van der Waals surface area contributed by atoms with Gasteiger partial charge < -0.3 is 30.1 Å². The van der Waals surface area contributed by atoms with Gasteiger partial charge in [-0.15, -0.1) is 0 Å². The molecule has 0 spiro atoms. The number of esters is 1. The molecule has 1 aromatic carbocycles. The molecule has 0 saturated carbocycles. The van der Waals surface area contributed by atoms with Gasteiger partial charge in [0.15, 0.2) is 0 Å². The quantitative estimate of drug-likeness (QED) is 0.370. The van der Waals surface area contributed by atoms with Crippen molar-refractivity contribution >= 4 is 23.9 Å². The molecule has 1 aromatic rings. The Morgan fingerprint density at radius 1 is 1.11 bits per heavy atom. The summed E-state index contributed by atoms with van der Waals surface area (Å²) in [4.78, 5) is 52.4. The van der Waals surface area contributed by atoms with Gasteiger partial charge in [0, 0.05) is 13.1 Å². The van der Waals surface area contributed by atoms with Crippen LogP contribution < -0.4 is 10.6 Å². The molecule has 10 nitrogen and oxygen atoms in total. The number of nitrogens with zero attached hydrogens (tertiary/aromatic N) is 1. The highest BCUT2D eigenvalue weighted by Gasteiger charge is 2.36. The topological polar surface area (TPSA) is 134 Å². The minimum absolute atomic E-state index is 0.0136. The van der Waals surface area contributed by atoms with E-state index in [2.05, 4.69) is 10.6 Å². The highest BCUT2D eigenvalue weighted by molar-refractivity contribution is 5.92. The van der Waals surface area contributed by atoms with Crippen LogP contribution in [0.2, 0.25) is 0 Å². The monoisotopic (exact) mass is 507 g/mol. The molecule has 0 fully saturated rings. The molecule has 3 N–H and O–H groups in total. The van der Waals surface area contributed by atoms with Crippen LogP contribution in [0.4, 0.5) is 4.79 Å². The molecule has 36 heavy (non-hydrogen) atoms. The van der Waals surface area contributed by atoms with Crippen molar-refractivity contribution in [1.29, 1.82) is 0 Å². The number of aliphatic hydroxyl groups excluding tert-OH is 1. The number of benzene rings is 1. The summed E-state index contributed by atoms with van der Waals surface area (Å²) in [6.07, 6.45) is -0.345. The third-order valence-corrected chi connectivity index (χ3v) is 5.35. The second kappa shape index (κ2) is 14.4. The number of nitrogens with one attached hydrogen (secondary N) is 2. The van der Waals surface area contributed by atoms with Crippen LogP contribution in [0.15, 0.2) is 18.2 Å². The lowest BCUT2D eigenvalue weighted by Gasteiger charge is -2.34. The van der Waals surface area contributed by atoms with E-state index in [9.17, 15) is 24.3 Å². The summed E-state index contributed by atoms with van der Waals surface area (Å²) in [6.45, 7) is 12.2. The standard InChI is InChI=1S/C26H41N3O7/c1-8-15-29(24(33)20(16-30)28-25(34)36-26(5,6)7)22(19-12-10-11-17(3)18(19)4)23(32)27-14-13-21(31)35-9-2/h10-12,20,22,30H,8-9,13-16H2,1-7H3,(H,27,32)(H,28,34). The van der Waals surface area contributed by atoms with E-state index >= 15 is 0 Å². The lowest BCUT2D eigenvalue weighted by atomic mass is 9.95. The zero-order valence-electron chi connectivity index (χ0n) is 22.5. The van der Waals surface area contributed by atoms with Gasteiger partial charge in [-0.3, -0.25) is 14.4 Å². The number of ether oxygens (including phenoxy) is 2. The largest absolute Gasteiger partial charge is 0.466 e. The first-order chi connectivity index (χ1) is 16.9. The van der Waals surface area contributed by atoms with Gasteiger partial charge >= 0.3 is 12.1 Å². The maximum Gasteiger partial charge on any atom is 0.408 e. The maximum absolute atomic E-state index is 13.6. The minimum atomic E-state index is -1.31. The predicted octanol–water partition coefficient (Wildman–Crippen LogP) is 2.54. The molecule has 0 aliphatic carbocycles. The van der Waals surface area contributed by atoms with Crippen LogP contribution in [0.1, 0.15) is 70.2 Å². The van der Waals surface area contributed by atoms with Gasteiger partial charge in [-0.2, -0.15) is 0 Å². The summed E-state index contributed by atoms with van der Waals surface area (Å²) in [5.41, 5.74) is 1.58. The minimum Gasteiger partial charge on any atom is -0.466 e. The Hall–Kier alpha value is -3.14. The average Bonchev–Trinajstić information content (AvgIpc) is 2.78. The normalized spacial score (nSPS) is 12.8. The number of rotatable bonds is 12. The first-order valence-electron chi connectivity index (χ1n) is 12.3. The SMILES string of the molecule is CCCN(C(=O)C(CO)NC(=O)OC(C)(C)C)C(C(=O)NCCC(=O)OCC)c1cccc(C)c1C. The van der Waals surface area contributed by atoms with Crippen LogP contribution in [-0.4, -0.2) is 71.8 Å².